The summed E-state index contributed by atoms with van der Waals surface area (Å²) in [5, 5.41) is 2.77. The summed E-state index contributed by atoms with van der Waals surface area (Å²) in [5.41, 5.74) is 0. The Labute approximate surface area is 75.2 Å². The Bertz CT molecular complexity index is 114. The average molecular weight is 253 g/mol. The molecule has 1 amide bonds. The third kappa shape index (κ3) is 6.07. The molecule has 0 bridgehead atoms. The normalized spacial score (nSPS) is 8.90. The number of alkyl halides is 1. The average Bonchev–Trinajstić information content (AvgIpc) is 1.98. The van der Waals surface area contributed by atoms with Crippen LogP contribution in [0.3, 0.4) is 0 Å². The molecule has 0 heterocycles. The maximum atomic E-state index is 10.6. The van der Waals surface area contributed by atoms with Crippen molar-refractivity contribution in [3.63, 3.8) is 0 Å². The molecule has 0 aromatic carbocycles. The van der Waals surface area contributed by atoms with E-state index >= 15 is 0 Å². The molecule has 0 aromatic rings. The van der Waals surface area contributed by atoms with Crippen molar-refractivity contribution in [1.29, 1.82) is 0 Å². The maximum absolute atomic E-state index is 10.6. The van der Waals surface area contributed by atoms with E-state index in [1.54, 1.807) is 0 Å². The van der Waals surface area contributed by atoms with E-state index in [0.717, 1.165) is 19.4 Å². The van der Waals surface area contributed by atoms with Crippen LogP contribution < -0.4 is 5.32 Å². The summed E-state index contributed by atoms with van der Waals surface area (Å²) in [6.07, 6.45) is 3.82. The van der Waals surface area contributed by atoms with Gasteiger partial charge in [0, 0.05) is 6.54 Å². The molecule has 2 nitrogen and oxygen atoms in total. The number of nitrogens with one attached hydrogen (secondary N) is 1. The minimum atomic E-state index is 0.115. The smallest absolute Gasteiger partial charge is 0.229 e. The van der Waals surface area contributed by atoms with Crippen molar-refractivity contribution in [2.75, 3.05) is 11.0 Å². The van der Waals surface area contributed by atoms with Gasteiger partial charge in [-0.15, -0.1) is 6.58 Å². The molecular formula is C7H12INO. The zero-order valence-electron chi connectivity index (χ0n) is 5.90. The maximum Gasteiger partial charge on any atom is 0.229 e. The van der Waals surface area contributed by atoms with E-state index in [2.05, 4.69) is 11.9 Å². The molecule has 0 spiro atoms. The summed E-state index contributed by atoms with van der Waals surface area (Å²) in [6.45, 7) is 4.35. The van der Waals surface area contributed by atoms with Crippen molar-refractivity contribution >= 4 is 28.5 Å². The van der Waals surface area contributed by atoms with E-state index in [1.165, 1.54) is 0 Å². The van der Waals surface area contributed by atoms with Crippen LogP contribution in [0.25, 0.3) is 0 Å². The summed E-state index contributed by atoms with van der Waals surface area (Å²) in [7, 11) is 0. The number of allylic oxidation sites excluding steroid dienone is 1. The van der Waals surface area contributed by atoms with Gasteiger partial charge in [0.1, 0.15) is 0 Å². The molecule has 0 aliphatic heterocycles. The number of halogens is 1. The molecule has 0 aliphatic rings. The molecule has 0 atom stereocenters. The second-order valence-electron chi connectivity index (χ2n) is 1.91. The lowest BCUT2D eigenvalue weighted by molar-refractivity contribution is -0.118. The van der Waals surface area contributed by atoms with Gasteiger partial charge in [-0.1, -0.05) is 28.7 Å². The molecule has 0 saturated carbocycles. The topological polar surface area (TPSA) is 29.1 Å². The zero-order chi connectivity index (χ0) is 7.82. The number of hydrogen-bond acceptors (Lipinski definition) is 1. The van der Waals surface area contributed by atoms with Crippen LogP contribution in [0.1, 0.15) is 12.8 Å². The highest BCUT2D eigenvalue weighted by Gasteiger charge is 1.93. The highest BCUT2D eigenvalue weighted by atomic mass is 127. The Morgan fingerprint density at radius 3 is 2.90 bits per heavy atom. The van der Waals surface area contributed by atoms with E-state index in [-0.39, 0.29) is 5.91 Å². The first-order valence-corrected chi connectivity index (χ1v) is 4.77. The Hall–Kier alpha value is -0.0600. The Morgan fingerprint density at radius 2 is 2.40 bits per heavy atom. The molecule has 0 rings (SSSR count). The van der Waals surface area contributed by atoms with Gasteiger partial charge >= 0.3 is 0 Å². The third-order valence-corrected chi connectivity index (χ3v) is 1.72. The summed E-state index contributed by atoms with van der Waals surface area (Å²) in [4.78, 5) is 10.6. The van der Waals surface area contributed by atoms with E-state index < -0.39 is 0 Å². The second kappa shape index (κ2) is 7.05. The third-order valence-electron chi connectivity index (χ3n) is 1.03. The predicted octanol–water partition coefficient (Wildman–Crippen LogP) is 1.50. The summed E-state index contributed by atoms with van der Waals surface area (Å²) in [5.74, 6) is 0.115. The van der Waals surface area contributed by atoms with Crippen LogP contribution in [0.5, 0.6) is 0 Å². The summed E-state index contributed by atoms with van der Waals surface area (Å²) in [6, 6.07) is 0. The fraction of sp³-hybridized carbons (Fsp3) is 0.571. The monoisotopic (exact) mass is 253 g/mol. The zero-order valence-corrected chi connectivity index (χ0v) is 8.06. The van der Waals surface area contributed by atoms with Gasteiger partial charge in [-0.2, -0.15) is 0 Å². The lowest BCUT2D eigenvalue weighted by Gasteiger charge is -1.99. The fourth-order valence-corrected chi connectivity index (χ4v) is 0.791. The van der Waals surface area contributed by atoms with Crippen molar-refractivity contribution in [1.82, 2.24) is 5.32 Å². The molecule has 0 saturated heterocycles. The van der Waals surface area contributed by atoms with Crippen molar-refractivity contribution in [2.24, 2.45) is 0 Å². The second-order valence-corrected chi connectivity index (χ2v) is 2.68. The van der Waals surface area contributed by atoms with Crippen LogP contribution in [0.4, 0.5) is 0 Å². The van der Waals surface area contributed by atoms with Crippen molar-refractivity contribution in [3.05, 3.63) is 12.7 Å². The van der Waals surface area contributed by atoms with Gasteiger partial charge in [-0.05, 0) is 12.8 Å². The number of carbonyl (C=O) groups excluding carboxylic acids is 1. The molecule has 0 unspecified atom stereocenters. The lowest BCUT2D eigenvalue weighted by atomic mass is 10.3. The minimum absolute atomic E-state index is 0.115. The molecule has 0 radical (unpaired) electrons. The number of rotatable bonds is 5. The summed E-state index contributed by atoms with van der Waals surface area (Å²) >= 11 is 2.04. The number of hydrogen-bond donors (Lipinski definition) is 1. The first kappa shape index (κ1) is 9.94. The van der Waals surface area contributed by atoms with Crippen LogP contribution in [-0.2, 0) is 4.79 Å². The molecule has 3 heteroatoms. The first-order valence-electron chi connectivity index (χ1n) is 3.24. The van der Waals surface area contributed by atoms with E-state index in [1.807, 2.05) is 28.7 Å². The number of unbranched alkanes of at least 4 members (excludes halogenated alkanes) is 1. The predicted molar refractivity (Wildman–Crippen MR) is 51.3 cm³/mol. The Kier molecular flexibility index (Phi) is 7.01. The quantitative estimate of drug-likeness (QED) is 0.342. The van der Waals surface area contributed by atoms with Crippen LogP contribution in [0, 0.1) is 0 Å². The van der Waals surface area contributed by atoms with Gasteiger partial charge in [-0.25, -0.2) is 0 Å². The highest BCUT2D eigenvalue weighted by molar-refractivity contribution is 14.1. The van der Waals surface area contributed by atoms with Crippen LogP contribution in [-0.4, -0.2) is 16.9 Å². The molecule has 0 aromatic heterocycles. The largest absolute Gasteiger partial charge is 0.355 e. The van der Waals surface area contributed by atoms with Crippen molar-refractivity contribution < 1.29 is 4.79 Å². The minimum Gasteiger partial charge on any atom is -0.355 e. The van der Waals surface area contributed by atoms with Gasteiger partial charge < -0.3 is 5.32 Å². The Balaban J connectivity index is 3.03. The molecule has 0 aliphatic carbocycles. The summed E-state index contributed by atoms with van der Waals surface area (Å²) < 4.78 is 0.547. The SMILES string of the molecule is C=CCCCNC(=O)CI. The van der Waals surface area contributed by atoms with Gasteiger partial charge in [0.25, 0.3) is 0 Å². The van der Waals surface area contributed by atoms with Crippen LogP contribution in [0.2, 0.25) is 0 Å². The fourth-order valence-electron chi connectivity index (χ4n) is 0.521. The molecule has 58 valence electrons. The van der Waals surface area contributed by atoms with Crippen molar-refractivity contribution in [2.45, 2.75) is 12.8 Å². The molecule has 10 heavy (non-hydrogen) atoms. The van der Waals surface area contributed by atoms with Crippen molar-refractivity contribution in [3.8, 4) is 0 Å². The van der Waals surface area contributed by atoms with E-state index in [0.29, 0.717) is 4.43 Å². The van der Waals surface area contributed by atoms with Gasteiger partial charge in [0.15, 0.2) is 0 Å². The Morgan fingerprint density at radius 1 is 1.70 bits per heavy atom. The first-order chi connectivity index (χ1) is 4.81. The van der Waals surface area contributed by atoms with Gasteiger partial charge in [-0.3, -0.25) is 4.79 Å². The van der Waals surface area contributed by atoms with Gasteiger partial charge in [0.05, 0.1) is 4.43 Å². The molecular weight excluding hydrogens is 241 g/mol. The standard InChI is InChI=1S/C7H12INO/c1-2-3-4-5-9-7(10)6-8/h2H,1,3-6H2,(H,9,10). The lowest BCUT2D eigenvalue weighted by Crippen LogP contribution is -2.24. The number of amides is 1. The van der Waals surface area contributed by atoms with Crippen LogP contribution in [0.15, 0.2) is 12.7 Å². The highest BCUT2D eigenvalue weighted by Crippen LogP contribution is 1.86. The molecule has 0 fully saturated rings. The number of carbonyl (C=O) groups is 1. The van der Waals surface area contributed by atoms with Crippen LogP contribution >= 0.6 is 22.6 Å². The van der Waals surface area contributed by atoms with E-state index in [4.69, 9.17) is 0 Å². The van der Waals surface area contributed by atoms with Gasteiger partial charge in [0.2, 0.25) is 5.91 Å². The van der Waals surface area contributed by atoms with E-state index in [9.17, 15) is 4.79 Å². The molecule has 1 N–H and O–H groups in total.